The minimum Gasteiger partial charge on any atom is -0.214 e. The average molecular weight is 205 g/mol. The van der Waals surface area contributed by atoms with Crippen molar-refractivity contribution in [2.75, 3.05) is 0 Å². The zero-order chi connectivity index (χ0) is 6.27. The van der Waals surface area contributed by atoms with Gasteiger partial charge in [-0.15, -0.1) is 0 Å². The van der Waals surface area contributed by atoms with E-state index in [9.17, 15) is 0 Å². The van der Waals surface area contributed by atoms with Gasteiger partial charge in [0.2, 0.25) is 4.73 Å². The van der Waals surface area contributed by atoms with E-state index < -0.39 is 0 Å². The van der Waals surface area contributed by atoms with Crippen molar-refractivity contribution < 1.29 is 0 Å². The molecule has 0 unspecified atom stereocenters. The smallest absolute Gasteiger partial charge is 0.209 e. The van der Waals surface area contributed by atoms with E-state index in [-0.39, 0.29) is 0 Å². The molecule has 1 fully saturated rings. The molecule has 2 nitrogen and oxygen atoms in total. The fraction of sp³-hybridized carbons (Fsp3) is 0.600. The first kappa shape index (κ1) is 5.80. The molecule has 0 aliphatic heterocycles. The Morgan fingerprint density at radius 3 is 2.78 bits per heavy atom. The number of aromatic nitrogens is 2. The van der Waals surface area contributed by atoms with Crippen LogP contribution in [0.2, 0.25) is 0 Å². The van der Waals surface area contributed by atoms with Gasteiger partial charge in [0, 0.05) is 5.92 Å². The van der Waals surface area contributed by atoms with Gasteiger partial charge in [-0.3, -0.25) is 0 Å². The quantitative estimate of drug-likeness (QED) is 0.702. The summed E-state index contributed by atoms with van der Waals surface area (Å²) in [7, 11) is 0. The maximum Gasteiger partial charge on any atom is 0.209 e. The Morgan fingerprint density at radius 2 is 2.33 bits per heavy atom. The van der Waals surface area contributed by atoms with Gasteiger partial charge in [0.05, 0.1) is 0 Å². The highest BCUT2D eigenvalue weighted by atomic mass is 79.9. The van der Waals surface area contributed by atoms with Crippen molar-refractivity contribution in [3.05, 3.63) is 9.74 Å². The van der Waals surface area contributed by atoms with E-state index in [4.69, 9.17) is 0 Å². The van der Waals surface area contributed by atoms with E-state index in [2.05, 4.69) is 25.3 Å². The molecule has 0 radical (unpaired) electrons. The van der Waals surface area contributed by atoms with E-state index >= 15 is 0 Å². The van der Waals surface area contributed by atoms with Crippen molar-refractivity contribution in [3.8, 4) is 0 Å². The molecule has 0 bridgehead atoms. The molecule has 0 atom stereocenters. The van der Waals surface area contributed by atoms with Gasteiger partial charge in [-0.05, 0) is 40.3 Å². The lowest BCUT2D eigenvalue weighted by atomic mass is 10.5. The third-order valence-corrected chi connectivity index (χ3v) is 2.81. The normalized spacial score (nSPS) is 18.3. The predicted octanol–water partition coefficient (Wildman–Crippen LogP) is 2.18. The number of rotatable bonds is 1. The second-order valence-electron chi connectivity index (χ2n) is 2.18. The zero-order valence-electron chi connectivity index (χ0n) is 4.67. The van der Waals surface area contributed by atoms with Gasteiger partial charge in [-0.1, -0.05) is 0 Å². The molecule has 4 heteroatoms. The lowest BCUT2D eigenvalue weighted by molar-refractivity contribution is 1.06. The SMILES string of the molecule is Brc1nsc(C2CC2)n1. The molecule has 1 saturated carbocycles. The third kappa shape index (κ3) is 1.14. The van der Waals surface area contributed by atoms with Gasteiger partial charge in [0.1, 0.15) is 5.01 Å². The minimum atomic E-state index is 0.744. The van der Waals surface area contributed by atoms with Crippen molar-refractivity contribution in [3.63, 3.8) is 0 Å². The van der Waals surface area contributed by atoms with Crippen LogP contribution >= 0.6 is 27.5 Å². The summed E-state index contributed by atoms with van der Waals surface area (Å²) >= 11 is 4.73. The summed E-state index contributed by atoms with van der Waals surface area (Å²) in [4.78, 5) is 4.20. The molecule has 9 heavy (non-hydrogen) atoms. The monoisotopic (exact) mass is 204 g/mol. The molecular formula is C5H5BrN2S. The van der Waals surface area contributed by atoms with Crippen LogP contribution in [0.5, 0.6) is 0 Å². The number of hydrogen-bond donors (Lipinski definition) is 0. The Labute approximate surface area is 65.6 Å². The summed E-state index contributed by atoms with van der Waals surface area (Å²) in [5.41, 5.74) is 0. The molecule has 0 N–H and O–H groups in total. The molecule has 1 aromatic heterocycles. The molecule has 0 aromatic carbocycles. The summed E-state index contributed by atoms with van der Waals surface area (Å²) in [6.45, 7) is 0. The highest BCUT2D eigenvalue weighted by Crippen LogP contribution is 2.40. The molecule has 1 aliphatic rings. The maximum absolute atomic E-state index is 4.20. The Balaban J connectivity index is 2.28. The van der Waals surface area contributed by atoms with Crippen LogP contribution in [0, 0.1) is 0 Å². The first-order chi connectivity index (χ1) is 4.36. The van der Waals surface area contributed by atoms with Crippen LogP contribution in [0.15, 0.2) is 4.73 Å². The lowest BCUT2D eigenvalue weighted by Gasteiger charge is -1.79. The van der Waals surface area contributed by atoms with Crippen molar-refractivity contribution in [1.82, 2.24) is 9.36 Å². The van der Waals surface area contributed by atoms with E-state index in [0.717, 1.165) is 10.7 Å². The first-order valence-corrected chi connectivity index (χ1v) is 4.42. The number of hydrogen-bond acceptors (Lipinski definition) is 3. The van der Waals surface area contributed by atoms with Gasteiger partial charge in [0.25, 0.3) is 0 Å². The van der Waals surface area contributed by atoms with E-state index in [1.807, 2.05) is 0 Å². The number of halogens is 1. The maximum atomic E-state index is 4.20. The predicted molar refractivity (Wildman–Crippen MR) is 39.6 cm³/mol. The molecule has 1 aromatic rings. The minimum absolute atomic E-state index is 0.744. The first-order valence-electron chi connectivity index (χ1n) is 2.85. The second kappa shape index (κ2) is 2.02. The number of nitrogens with zero attached hydrogens (tertiary/aromatic N) is 2. The Morgan fingerprint density at radius 1 is 1.56 bits per heavy atom. The fourth-order valence-corrected chi connectivity index (χ4v) is 1.96. The topological polar surface area (TPSA) is 25.8 Å². The molecule has 0 spiro atoms. The largest absolute Gasteiger partial charge is 0.214 e. The van der Waals surface area contributed by atoms with Crippen LogP contribution in [0.3, 0.4) is 0 Å². The van der Waals surface area contributed by atoms with E-state index in [0.29, 0.717) is 0 Å². The average Bonchev–Trinajstić information content (AvgIpc) is 2.58. The molecule has 0 saturated heterocycles. The summed E-state index contributed by atoms with van der Waals surface area (Å²) in [6, 6.07) is 0. The molecule has 1 aliphatic carbocycles. The van der Waals surface area contributed by atoms with Gasteiger partial charge >= 0.3 is 0 Å². The van der Waals surface area contributed by atoms with Crippen molar-refractivity contribution in [2.24, 2.45) is 0 Å². The Hall–Kier alpha value is 0.0400. The standard InChI is InChI=1S/C5H5BrN2S/c6-5-7-4(9-8-5)3-1-2-3/h3H,1-2H2. The zero-order valence-corrected chi connectivity index (χ0v) is 7.07. The van der Waals surface area contributed by atoms with Gasteiger partial charge in [-0.2, -0.15) is 4.37 Å². The van der Waals surface area contributed by atoms with Crippen LogP contribution in [-0.2, 0) is 0 Å². The Bertz CT molecular complexity index is 218. The summed E-state index contributed by atoms with van der Waals surface area (Å²) < 4.78 is 4.77. The molecule has 1 heterocycles. The summed E-state index contributed by atoms with van der Waals surface area (Å²) in [5, 5.41) is 1.20. The van der Waals surface area contributed by atoms with Crippen molar-refractivity contribution in [1.29, 1.82) is 0 Å². The van der Waals surface area contributed by atoms with Crippen LogP contribution in [0.1, 0.15) is 23.8 Å². The van der Waals surface area contributed by atoms with Crippen LogP contribution in [0.4, 0.5) is 0 Å². The second-order valence-corrected chi connectivity index (χ2v) is 3.67. The highest BCUT2D eigenvalue weighted by molar-refractivity contribution is 9.10. The van der Waals surface area contributed by atoms with E-state index in [1.165, 1.54) is 29.4 Å². The van der Waals surface area contributed by atoms with Gasteiger partial charge in [0.15, 0.2) is 0 Å². The molecular weight excluding hydrogens is 200 g/mol. The molecule has 2 rings (SSSR count). The Kier molecular flexibility index (Phi) is 1.30. The highest BCUT2D eigenvalue weighted by Gasteiger charge is 2.26. The summed E-state index contributed by atoms with van der Waals surface area (Å²) in [6.07, 6.45) is 2.61. The van der Waals surface area contributed by atoms with Crippen molar-refractivity contribution in [2.45, 2.75) is 18.8 Å². The third-order valence-electron chi connectivity index (χ3n) is 1.34. The summed E-state index contributed by atoms with van der Waals surface area (Å²) in [5.74, 6) is 0.744. The van der Waals surface area contributed by atoms with Gasteiger partial charge < -0.3 is 0 Å². The molecule has 48 valence electrons. The van der Waals surface area contributed by atoms with E-state index in [1.54, 1.807) is 0 Å². The van der Waals surface area contributed by atoms with Gasteiger partial charge in [-0.25, -0.2) is 4.98 Å². The van der Waals surface area contributed by atoms with Crippen LogP contribution in [-0.4, -0.2) is 9.36 Å². The van der Waals surface area contributed by atoms with Crippen LogP contribution < -0.4 is 0 Å². The fourth-order valence-electron chi connectivity index (χ4n) is 0.712. The lowest BCUT2D eigenvalue weighted by Crippen LogP contribution is -1.72. The van der Waals surface area contributed by atoms with Crippen LogP contribution in [0.25, 0.3) is 0 Å². The van der Waals surface area contributed by atoms with Crippen molar-refractivity contribution >= 4 is 27.5 Å². The molecule has 0 amide bonds.